The third-order valence-corrected chi connectivity index (χ3v) is 3.45. The fourth-order valence-electron chi connectivity index (χ4n) is 1.99. The van der Waals surface area contributed by atoms with E-state index in [0.29, 0.717) is 13.1 Å². The molecule has 3 nitrogen and oxygen atoms in total. The maximum atomic E-state index is 6.13. The lowest BCUT2D eigenvalue weighted by Gasteiger charge is -2.12. The largest absolute Gasteiger partial charge is 0.497 e. The third-order valence-electron chi connectivity index (χ3n) is 3.08. The molecule has 0 bridgehead atoms. The fraction of sp³-hybridized carbons (Fsp3) is 0.250. The lowest BCUT2D eigenvalue weighted by atomic mass is 10.1. The Kier molecular flexibility index (Phi) is 5.27. The van der Waals surface area contributed by atoms with Crippen LogP contribution in [0.1, 0.15) is 11.1 Å². The number of methoxy groups -OCH3 is 2. The number of hydrogen-bond acceptors (Lipinski definition) is 3. The Morgan fingerprint density at radius 2 is 1.70 bits per heavy atom. The number of halogens is 1. The summed E-state index contributed by atoms with van der Waals surface area (Å²) in [7, 11) is 3.32. The average molecular weight is 292 g/mol. The highest BCUT2D eigenvalue weighted by Gasteiger charge is 2.05. The Bertz CT molecular complexity index is 572. The smallest absolute Gasteiger partial charge is 0.123 e. The van der Waals surface area contributed by atoms with Crippen LogP contribution in [0.5, 0.6) is 11.5 Å². The van der Waals surface area contributed by atoms with E-state index < -0.39 is 0 Å². The van der Waals surface area contributed by atoms with E-state index in [1.807, 2.05) is 42.5 Å². The molecule has 106 valence electrons. The zero-order chi connectivity index (χ0) is 14.4. The van der Waals surface area contributed by atoms with Crippen LogP contribution in [0, 0.1) is 0 Å². The molecule has 0 amide bonds. The van der Waals surface area contributed by atoms with Crippen molar-refractivity contribution in [3.8, 4) is 11.5 Å². The summed E-state index contributed by atoms with van der Waals surface area (Å²) in [6.45, 7) is 1.39. The van der Waals surface area contributed by atoms with Crippen molar-refractivity contribution in [2.45, 2.75) is 13.1 Å². The molecular formula is C16H18ClNO2. The quantitative estimate of drug-likeness (QED) is 0.881. The predicted molar refractivity (Wildman–Crippen MR) is 81.5 cm³/mol. The van der Waals surface area contributed by atoms with Gasteiger partial charge in [0.2, 0.25) is 0 Å². The van der Waals surface area contributed by atoms with Crippen LogP contribution in [-0.4, -0.2) is 14.2 Å². The summed E-state index contributed by atoms with van der Waals surface area (Å²) < 4.78 is 10.6. The maximum Gasteiger partial charge on any atom is 0.123 e. The van der Waals surface area contributed by atoms with Gasteiger partial charge in [0.05, 0.1) is 14.2 Å². The molecule has 0 spiro atoms. The average Bonchev–Trinajstić information content (AvgIpc) is 2.49. The highest BCUT2D eigenvalue weighted by molar-refractivity contribution is 6.31. The topological polar surface area (TPSA) is 30.5 Å². The number of nitrogens with one attached hydrogen (secondary N) is 1. The van der Waals surface area contributed by atoms with Crippen molar-refractivity contribution in [1.29, 1.82) is 0 Å². The minimum atomic E-state index is 0.686. The van der Waals surface area contributed by atoms with Gasteiger partial charge in [-0.25, -0.2) is 0 Å². The van der Waals surface area contributed by atoms with E-state index in [2.05, 4.69) is 5.32 Å². The third kappa shape index (κ3) is 3.65. The molecule has 0 aliphatic carbocycles. The molecule has 0 aliphatic heterocycles. The zero-order valence-corrected chi connectivity index (χ0v) is 12.4. The molecule has 0 heterocycles. The van der Waals surface area contributed by atoms with Crippen molar-refractivity contribution < 1.29 is 9.47 Å². The Balaban J connectivity index is 2.02. The first-order chi connectivity index (χ1) is 9.74. The van der Waals surface area contributed by atoms with Crippen LogP contribution < -0.4 is 14.8 Å². The zero-order valence-electron chi connectivity index (χ0n) is 11.7. The van der Waals surface area contributed by atoms with Gasteiger partial charge in [0.15, 0.2) is 0 Å². The first-order valence-electron chi connectivity index (χ1n) is 6.39. The van der Waals surface area contributed by atoms with Crippen molar-refractivity contribution >= 4 is 11.6 Å². The van der Waals surface area contributed by atoms with Crippen LogP contribution in [0.15, 0.2) is 42.5 Å². The Labute approximate surface area is 124 Å². The minimum absolute atomic E-state index is 0.686. The van der Waals surface area contributed by atoms with Gasteiger partial charge in [-0.1, -0.05) is 29.8 Å². The second kappa shape index (κ2) is 7.17. The number of hydrogen-bond donors (Lipinski definition) is 1. The summed E-state index contributed by atoms with van der Waals surface area (Å²) in [5.41, 5.74) is 2.13. The highest BCUT2D eigenvalue weighted by atomic mass is 35.5. The SMILES string of the molecule is COc1ccc(OC)c(CNCc2ccccc2Cl)c1. The molecule has 20 heavy (non-hydrogen) atoms. The number of rotatable bonds is 6. The molecule has 4 heteroatoms. The second-order valence-corrected chi connectivity index (χ2v) is 4.78. The highest BCUT2D eigenvalue weighted by Crippen LogP contribution is 2.24. The van der Waals surface area contributed by atoms with Crippen molar-refractivity contribution in [3.63, 3.8) is 0 Å². The molecular weight excluding hydrogens is 274 g/mol. The molecule has 0 saturated carbocycles. The maximum absolute atomic E-state index is 6.13. The van der Waals surface area contributed by atoms with E-state index >= 15 is 0 Å². The van der Waals surface area contributed by atoms with Gasteiger partial charge in [0.25, 0.3) is 0 Å². The summed E-state index contributed by atoms with van der Waals surface area (Å²) in [6, 6.07) is 13.6. The molecule has 0 atom stereocenters. The second-order valence-electron chi connectivity index (χ2n) is 4.37. The molecule has 0 unspecified atom stereocenters. The summed E-state index contributed by atoms with van der Waals surface area (Å²) in [5.74, 6) is 1.66. The van der Waals surface area contributed by atoms with Crippen molar-refractivity contribution in [2.24, 2.45) is 0 Å². The first kappa shape index (κ1) is 14.7. The summed E-state index contributed by atoms with van der Waals surface area (Å²) >= 11 is 6.13. The monoisotopic (exact) mass is 291 g/mol. The first-order valence-corrected chi connectivity index (χ1v) is 6.77. The summed E-state index contributed by atoms with van der Waals surface area (Å²) in [4.78, 5) is 0. The van der Waals surface area contributed by atoms with Crippen LogP contribution in [0.4, 0.5) is 0 Å². The van der Waals surface area contributed by atoms with Crippen LogP contribution in [0.25, 0.3) is 0 Å². The molecule has 1 N–H and O–H groups in total. The van der Waals surface area contributed by atoms with Crippen LogP contribution in [0.3, 0.4) is 0 Å². The molecule has 0 saturated heterocycles. The van der Waals surface area contributed by atoms with Gasteiger partial charge in [-0.3, -0.25) is 0 Å². The molecule has 2 rings (SSSR count). The van der Waals surface area contributed by atoms with Gasteiger partial charge >= 0.3 is 0 Å². The number of ether oxygens (including phenoxy) is 2. The Morgan fingerprint density at radius 3 is 2.40 bits per heavy atom. The Hall–Kier alpha value is -1.71. The molecule has 0 aliphatic rings. The van der Waals surface area contributed by atoms with Gasteiger partial charge in [-0.05, 0) is 29.8 Å². The van der Waals surface area contributed by atoms with Gasteiger partial charge in [-0.15, -0.1) is 0 Å². The van der Waals surface area contributed by atoms with E-state index in [1.165, 1.54) is 0 Å². The predicted octanol–water partition coefficient (Wildman–Crippen LogP) is 3.65. The van der Waals surface area contributed by atoms with Crippen LogP contribution >= 0.6 is 11.6 Å². The summed E-state index contributed by atoms with van der Waals surface area (Å²) in [6.07, 6.45) is 0. The van der Waals surface area contributed by atoms with Crippen molar-refractivity contribution in [1.82, 2.24) is 5.32 Å². The molecule has 2 aromatic carbocycles. The number of benzene rings is 2. The van der Waals surface area contributed by atoms with E-state index in [9.17, 15) is 0 Å². The fourth-order valence-corrected chi connectivity index (χ4v) is 2.20. The van der Waals surface area contributed by atoms with E-state index in [-0.39, 0.29) is 0 Å². The molecule has 2 aromatic rings. The van der Waals surface area contributed by atoms with Gasteiger partial charge in [0.1, 0.15) is 11.5 Å². The lowest BCUT2D eigenvalue weighted by Crippen LogP contribution is -2.13. The molecule has 0 aromatic heterocycles. The standard InChI is InChI=1S/C16H18ClNO2/c1-19-14-7-8-16(20-2)13(9-14)11-18-10-12-5-3-4-6-15(12)17/h3-9,18H,10-11H2,1-2H3. The van der Waals surface area contributed by atoms with Gasteiger partial charge in [-0.2, -0.15) is 0 Å². The van der Waals surface area contributed by atoms with Crippen LogP contribution in [0.2, 0.25) is 5.02 Å². The Morgan fingerprint density at radius 1 is 0.950 bits per heavy atom. The van der Waals surface area contributed by atoms with Gasteiger partial charge in [0, 0.05) is 23.7 Å². The minimum Gasteiger partial charge on any atom is -0.497 e. The van der Waals surface area contributed by atoms with Crippen LogP contribution in [-0.2, 0) is 13.1 Å². The van der Waals surface area contributed by atoms with Gasteiger partial charge < -0.3 is 14.8 Å². The molecule has 0 radical (unpaired) electrons. The molecule has 0 fully saturated rings. The van der Waals surface area contributed by atoms with E-state index in [4.69, 9.17) is 21.1 Å². The van der Waals surface area contributed by atoms with E-state index in [0.717, 1.165) is 27.6 Å². The van der Waals surface area contributed by atoms with Crippen molar-refractivity contribution in [3.05, 3.63) is 58.6 Å². The normalized spacial score (nSPS) is 10.3. The van der Waals surface area contributed by atoms with Crippen molar-refractivity contribution in [2.75, 3.05) is 14.2 Å². The van der Waals surface area contributed by atoms with E-state index in [1.54, 1.807) is 14.2 Å². The lowest BCUT2D eigenvalue weighted by molar-refractivity contribution is 0.397. The summed E-state index contributed by atoms with van der Waals surface area (Å²) in [5, 5.41) is 4.14.